The molecule has 0 amide bonds. The molecule has 2 aliphatic heterocycles. The Bertz CT molecular complexity index is 2140. The maximum Gasteiger partial charge on any atom is 0.333 e. The summed E-state index contributed by atoms with van der Waals surface area (Å²) < 4.78 is 43.5. The third-order valence-electron chi connectivity index (χ3n) is 9.59. The summed E-state index contributed by atoms with van der Waals surface area (Å²) in [7, 11) is -4.41. The van der Waals surface area contributed by atoms with Crippen LogP contribution >= 0.6 is 0 Å². The van der Waals surface area contributed by atoms with Gasteiger partial charge in [0.1, 0.15) is 24.6 Å². The molecule has 52 heavy (non-hydrogen) atoms. The van der Waals surface area contributed by atoms with Gasteiger partial charge in [0.05, 0.1) is 11.0 Å². The summed E-state index contributed by atoms with van der Waals surface area (Å²) >= 11 is 0. The number of anilines is 1. The average molecular weight is 733 g/mol. The second-order valence-electron chi connectivity index (χ2n) is 14.6. The number of carbonyl (C=O) groups is 1. The zero-order valence-electron chi connectivity index (χ0n) is 31.0. The molecule has 2 aromatic rings. The van der Waals surface area contributed by atoms with E-state index in [1.807, 2.05) is 19.9 Å². The molecule has 1 aromatic carbocycles. The van der Waals surface area contributed by atoms with Crippen LogP contribution in [0.1, 0.15) is 91.0 Å². The van der Waals surface area contributed by atoms with Crippen LogP contribution in [0.5, 0.6) is 11.8 Å². The second kappa shape index (κ2) is 15.0. The lowest BCUT2D eigenvalue weighted by molar-refractivity contribution is -0.145. The van der Waals surface area contributed by atoms with Crippen LogP contribution in [0.25, 0.3) is 17.4 Å². The summed E-state index contributed by atoms with van der Waals surface area (Å²) in [6.07, 6.45) is 8.14. The topological polar surface area (TPSA) is 145 Å². The predicted octanol–water partition coefficient (Wildman–Crippen LogP) is 6.86. The number of hydrogen-bond donors (Lipinski definition) is 3. The van der Waals surface area contributed by atoms with Crippen molar-refractivity contribution in [2.75, 3.05) is 24.5 Å². The first-order chi connectivity index (χ1) is 24.4. The molecule has 0 atom stereocenters. The van der Waals surface area contributed by atoms with Crippen LogP contribution in [0, 0.1) is 0 Å². The Morgan fingerprint density at radius 2 is 1.65 bits per heavy atom. The van der Waals surface area contributed by atoms with E-state index in [9.17, 15) is 28.0 Å². The molecule has 12 heteroatoms. The minimum atomic E-state index is -4.41. The normalized spacial score (nSPS) is 15.2. The Hall–Kier alpha value is -4.81. The van der Waals surface area contributed by atoms with Crippen molar-refractivity contribution in [2.45, 2.75) is 89.9 Å². The van der Waals surface area contributed by atoms with Gasteiger partial charge >= 0.3 is 5.97 Å². The molecule has 1 aliphatic carbocycles. The monoisotopic (exact) mass is 732 g/mol. The van der Waals surface area contributed by atoms with Gasteiger partial charge in [-0.05, 0) is 74.2 Å². The van der Waals surface area contributed by atoms with E-state index in [0.29, 0.717) is 30.5 Å². The SMILES string of the molecule is CC[N+](CC)=c1ccc2c(C=CC=C3N(CCCCCC(=O)On4c(O)ccc4O)c4ccc(S(=O)(=O)O)cc4C3(C)C)cc(C(C)(C)C)oc-2c1. The van der Waals surface area contributed by atoms with Crippen molar-refractivity contribution in [3.63, 3.8) is 0 Å². The molecular formula is C40H50N3O8S+. The molecule has 0 radical (unpaired) electrons. The molecule has 1 aromatic heterocycles. The predicted molar refractivity (Wildman–Crippen MR) is 202 cm³/mol. The zero-order chi connectivity index (χ0) is 38.0. The maximum atomic E-state index is 12.3. The molecule has 3 aliphatic rings. The molecule has 5 rings (SSSR count). The van der Waals surface area contributed by atoms with E-state index >= 15 is 0 Å². The minimum Gasteiger partial charge on any atom is -0.492 e. The van der Waals surface area contributed by atoms with Gasteiger partial charge in [0, 0.05) is 58.9 Å². The molecule has 0 spiro atoms. The number of hydrogen-bond acceptors (Lipinski definition) is 8. The molecule has 0 saturated heterocycles. The standard InChI is InChI=1S/C40H49N3O8S/c1-8-41(9-2)28-17-19-30-27(24-35(39(3,4)5)50-33(30)25-28)14-13-15-34-40(6,7)31-26-29(52(47,48)49)18-20-32(31)42(34)23-12-10-11-16-38(46)51-43-36(44)21-22-37(43)45/h13-15,17-22,24-26H,8-12,16,23H2,1-7H3,(H2-,44,45,47,48,49)/p+1. The van der Waals surface area contributed by atoms with Crippen LogP contribution in [0.4, 0.5) is 5.69 Å². The lowest BCUT2D eigenvalue weighted by Gasteiger charge is -2.27. The highest BCUT2D eigenvalue weighted by Gasteiger charge is 2.40. The van der Waals surface area contributed by atoms with Crippen LogP contribution < -0.4 is 19.7 Å². The Labute approximate surface area is 305 Å². The Morgan fingerprint density at radius 3 is 2.29 bits per heavy atom. The second-order valence-corrected chi connectivity index (χ2v) is 16.1. The van der Waals surface area contributed by atoms with Crippen molar-refractivity contribution in [3.8, 4) is 23.1 Å². The van der Waals surface area contributed by atoms with Gasteiger partial charge in [0.25, 0.3) is 10.1 Å². The van der Waals surface area contributed by atoms with Crippen LogP contribution in [-0.4, -0.2) is 53.5 Å². The third kappa shape index (κ3) is 8.13. The first kappa shape index (κ1) is 38.4. The van der Waals surface area contributed by atoms with E-state index in [1.54, 1.807) is 12.1 Å². The molecule has 3 heterocycles. The number of aromatic hydroxyl groups is 2. The van der Waals surface area contributed by atoms with E-state index in [1.165, 1.54) is 18.2 Å². The van der Waals surface area contributed by atoms with E-state index in [0.717, 1.165) is 58.0 Å². The van der Waals surface area contributed by atoms with E-state index in [2.05, 4.69) is 80.5 Å². The number of unbranched alkanes of at least 4 members (excludes halogenated alkanes) is 2. The quantitative estimate of drug-likeness (QED) is 0.0808. The number of benzene rings is 2. The number of carbonyl (C=O) groups excluding carboxylic acids is 1. The van der Waals surface area contributed by atoms with Crippen molar-refractivity contribution in [3.05, 3.63) is 94.7 Å². The van der Waals surface area contributed by atoms with Gasteiger partial charge in [-0.1, -0.05) is 53.2 Å². The molecule has 11 nitrogen and oxygen atoms in total. The van der Waals surface area contributed by atoms with Gasteiger partial charge in [-0.25, -0.2) is 9.37 Å². The first-order valence-electron chi connectivity index (χ1n) is 17.7. The lowest BCUT2D eigenvalue weighted by Crippen LogP contribution is -2.29. The van der Waals surface area contributed by atoms with E-state index < -0.39 is 21.5 Å². The maximum absolute atomic E-state index is 12.3. The van der Waals surface area contributed by atoms with Crippen LogP contribution in [0.3, 0.4) is 0 Å². The van der Waals surface area contributed by atoms with Crippen molar-refractivity contribution in [1.29, 1.82) is 0 Å². The molecular weight excluding hydrogens is 683 g/mol. The fraction of sp³-hybridized carbons (Fsp3) is 0.400. The highest BCUT2D eigenvalue weighted by molar-refractivity contribution is 7.85. The fourth-order valence-corrected chi connectivity index (χ4v) is 7.16. The van der Waals surface area contributed by atoms with Crippen LogP contribution in [0.15, 0.2) is 81.8 Å². The highest BCUT2D eigenvalue weighted by atomic mass is 32.2. The molecule has 3 N–H and O–H groups in total. The molecule has 0 saturated carbocycles. The summed E-state index contributed by atoms with van der Waals surface area (Å²) in [6.45, 7) is 17.1. The fourth-order valence-electron chi connectivity index (χ4n) is 6.65. The zero-order valence-corrected chi connectivity index (χ0v) is 31.8. The molecule has 0 unspecified atom stereocenters. The minimum absolute atomic E-state index is 0.0899. The summed E-state index contributed by atoms with van der Waals surface area (Å²) in [4.78, 5) is 19.4. The summed E-state index contributed by atoms with van der Waals surface area (Å²) in [5, 5.41) is 20.6. The van der Waals surface area contributed by atoms with Crippen LogP contribution in [0.2, 0.25) is 0 Å². The lowest BCUT2D eigenvalue weighted by atomic mass is 9.83. The smallest absolute Gasteiger partial charge is 0.333 e. The van der Waals surface area contributed by atoms with Crippen molar-refractivity contribution < 1.29 is 37.2 Å². The summed E-state index contributed by atoms with van der Waals surface area (Å²) in [5.74, 6) is 0.339. The number of nitrogens with zero attached hydrogens (tertiary/aromatic N) is 3. The van der Waals surface area contributed by atoms with Crippen molar-refractivity contribution in [2.24, 2.45) is 0 Å². The van der Waals surface area contributed by atoms with Gasteiger partial charge in [-0.15, -0.1) is 4.73 Å². The Morgan fingerprint density at radius 1 is 0.962 bits per heavy atom. The van der Waals surface area contributed by atoms with Crippen molar-refractivity contribution in [1.82, 2.24) is 9.31 Å². The largest absolute Gasteiger partial charge is 0.492 e. The Kier molecular flexibility index (Phi) is 11.1. The summed E-state index contributed by atoms with van der Waals surface area (Å²) in [5.41, 5.74) is 3.75. The van der Waals surface area contributed by atoms with Crippen molar-refractivity contribution >= 4 is 27.9 Å². The number of aromatic nitrogens is 1. The van der Waals surface area contributed by atoms with E-state index in [4.69, 9.17) is 9.25 Å². The Balaban J connectivity index is 1.44. The molecule has 278 valence electrons. The molecule has 0 bridgehead atoms. The third-order valence-corrected chi connectivity index (χ3v) is 10.4. The first-order valence-corrected chi connectivity index (χ1v) is 19.1. The highest BCUT2D eigenvalue weighted by Crippen LogP contribution is 2.48. The average Bonchev–Trinajstić information content (AvgIpc) is 3.50. The molecule has 0 fully saturated rings. The van der Waals surface area contributed by atoms with E-state index in [-0.39, 0.29) is 28.5 Å². The van der Waals surface area contributed by atoms with Crippen LogP contribution in [-0.2, 0) is 25.7 Å². The summed E-state index contributed by atoms with van der Waals surface area (Å²) in [6, 6.07) is 15.5. The van der Waals surface area contributed by atoms with Gasteiger partial charge < -0.3 is 24.4 Å². The van der Waals surface area contributed by atoms with Gasteiger partial charge in [0.2, 0.25) is 17.1 Å². The number of fused-ring (bicyclic) bond motifs is 2. The number of rotatable bonds is 12. The van der Waals surface area contributed by atoms with Gasteiger partial charge in [0.15, 0.2) is 0 Å². The number of allylic oxidation sites excluding steroid dienone is 3. The van der Waals surface area contributed by atoms with Gasteiger partial charge in [-0.2, -0.15) is 8.42 Å². The van der Waals surface area contributed by atoms with Gasteiger partial charge in [-0.3, -0.25) is 4.55 Å².